The van der Waals surface area contributed by atoms with E-state index in [1.807, 2.05) is 54.4 Å². The SMILES string of the molecule is CN(C)CCN1CCN(S(=O)c2ccc(-c3c[nH]c4cc(F)ccc34)cc2)CC1=O. The van der Waals surface area contributed by atoms with E-state index in [4.69, 9.17) is 0 Å². The third-order valence-corrected chi connectivity index (χ3v) is 6.80. The summed E-state index contributed by atoms with van der Waals surface area (Å²) >= 11 is 0. The van der Waals surface area contributed by atoms with Crippen LogP contribution in [-0.4, -0.2) is 76.0 Å². The van der Waals surface area contributed by atoms with E-state index >= 15 is 0 Å². The summed E-state index contributed by atoms with van der Waals surface area (Å²) in [5.41, 5.74) is 2.66. The average molecular weight is 429 g/mol. The predicted molar refractivity (Wildman–Crippen MR) is 117 cm³/mol. The minimum absolute atomic E-state index is 0.0131. The molecule has 4 rings (SSSR count). The van der Waals surface area contributed by atoms with Gasteiger partial charge in [-0.15, -0.1) is 0 Å². The molecule has 1 aliphatic rings. The van der Waals surface area contributed by atoms with Gasteiger partial charge in [-0.25, -0.2) is 12.9 Å². The first-order valence-electron chi connectivity index (χ1n) is 9.89. The number of hydrogen-bond donors (Lipinski definition) is 1. The topological polar surface area (TPSA) is 59.6 Å². The molecule has 0 radical (unpaired) electrons. The van der Waals surface area contributed by atoms with E-state index in [1.165, 1.54) is 12.1 Å². The van der Waals surface area contributed by atoms with Crippen molar-refractivity contribution in [1.82, 2.24) is 19.1 Å². The second kappa shape index (κ2) is 8.67. The number of nitrogens with zero attached hydrogens (tertiary/aromatic N) is 3. The molecule has 1 unspecified atom stereocenters. The van der Waals surface area contributed by atoms with Crippen molar-refractivity contribution in [3.8, 4) is 11.1 Å². The van der Waals surface area contributed by atoms with Gasteiger partial charge in [-0.2, -0.15) is 0 Å². The van der Waals surface area contributed by atoms with E-state index in [-0.39, 0.29) is 18.3 Å². The van der Waals surface area contributed by atoms with Gasteiger partial charge in [0.25, 0.3) is 0 Å². The molecule has 2 aromatic carbocycles. The molecule has 1 aliphatic heterocycles. The van der Waals surface area contributed by atoms with Gasteiger partial charge >= 0.3 is 0 Å². The van der Waals surface area contributed by atoms with E-state index in [1.54, 1.807) is 10.4 Å². The lowest BCUT2D eigenvalue weighted by Crippen LogP contribution is -2.52. The Labute approximate surface area is 177 Å². The van der Waals surface area contributed by atoms with Crippen LogP contribution < -0.4 is 0 Å². The molecule has 1 fully saturated rings. The van der Waals surface area contributed by atoms with Gasteiger partial charge in [0.05, 0.1) is 11.4 Å². The summed E-state index contributed by atoms with van der Waals surface area (Å²) in [5.74, 6) is -0.267. The van der Waals surface area contributed by atoms with Crippen molar-refractivity contribution in [3.63, 3.8) is 0 Å². The van der Waals surface area contributed by atoms with Crippen molar-refractivity contribution in [3.05, 3.63) is 54.5 Å². The fourth-order valence-corrected chi connectivity index (χ4v) is 4.77. The molecule has 1 saturated heterocycles. The molecule has 6 nitrogen and oxygen atoms in total. The number of aromatic amines is 1. The van der Waals surface area contributed by atoms with Crippen LogP contribution in [0.1, 0.15) is 0 Å². The molecule has 1 aromatic heterocycles. The number of amides is 1. The third kappa shape index (κ3) is 4.30. The van der Waals surface area contributed by atoms with E-state index in [0.717, 1.165) is 28.6 Å². The number of benzene rings is 2. The zero-order valence-electron chi connectivity index (χ0n) is 17.1. The number of aromatic nitrogens is 1. The summed E-state index contributed by atoms with van der Waals surface area (Å²) < 4.78 is 28.1. The molecule has 0 bridgehead atoms. The number of carbonyl (C=O) groups is 1. The maximum Gasteiger partial charge on any atom is 0.237 e. The molecular weight excluding hydrogens is 403 g/mol. The van der Waals surface area contributed by atoms with Crippen LogP contribution in [0, 0.1) is 5.82 Å². The maximum atomic E-state index is 13.4. The number of halogens is 1. The van der Waals surface area contributed by atoms with Gasteiger partial charge in [-0.05, 0) is 50.0 Å². The molecule has 0 aliphatic carbocycles. The highest BCUT2D eigenvalue weighted by Gasteiger charge is 2.27. The minimum atomic E-state index is -1.39. The van der Waals surface area contributed by atoms with Gasteiger partial charge < -0.3 is 14.8 Å². The monoisotopic (exact) mass is 428 g/mol. The van der Waals surface area contributed by atoms with Crippen molar-refractivity contribution in [2.45, 2.75) is 4.90 Å². The van der Waals surface area contributed by atoms with E-state index in [2.05, 4.69) is 4.98 Å². The Morgan fingerprint density at radius 3 is 2.60 bits per heavy atom. The second-order valence-corrected chi connectivity index (χ2v) is 9.20. The highest BCUT2D eigenvalue weighted by atomic mass is 32.2. The van der Waals surface area contributed by atoms with Crippen LogP contribution in [0.25, 0.3) is 22.0 Å². The molecule has 2 heterocycles. The van der Waals surface area contributed by atoms with Crippen molar-refractivity contribution in [2.24, 2.45) is 0 Å². The first-order chi connectivity index (χ1) is 14.4. The quantitative estimate of drug-likeness (QED) is 0.657. The molecule has 1 amide bonds. The predicted octanol–water partition coefficient (Wildman–Crippen LogP) is 2.70. The maximum absolute atomic E-state index is 13.4. The third-order valence-electron chi connectivity index (χ3n) is 5.35. The lowest BCUT2D eigenvalue weighted by molar-refractivity contribution is -0.134. The van der Waals surface area contributed by atoms with Crippen LogP contribution in [-0.2, 0) is 15.8 Å². The standard InChI is InChI=1S/C22H25FN4O2S/c1-25(2)9-10-26-11-12-27(15-22(26)28)30(29)18-6-3-16(4-7-18)20-14-24-21-13-17(23)5-8-19(20)21/h3-8,13-14,24H,9-12,15H2,1-2H3. The Morgan fingerprint density at radius 1 is 1.13 bits per heavy atom. The molecule has 158 valence electrons. The van der Waals surface area contributed by atoms with Gasteiger partial charge in [0.15, 0.2) is 0 Å². The van der Waals surface area contributed by atoms with Gasteiger partial charge in [0.2, 0.25) is 5.91 Å². The summed E-state index contributed by atoms with van der Waals surface area (Å²) in [4.78, 5) is 20.0. The van der Waals surface area contributed by atoms with Crippen LogP contribution in [0.5, 0.6) is 0 Å². The highest BCUT2D eigenvalue weighted by Crippen LogP contribution is 2.29. The Bertz CT molecular complexity index is 1080. The Hall–Kier alpha value is -2.55. The van der Waals surface area contributed by atoms with Crippen LogP contribution in [0.3, 0.4) is 0 Å². The van der Waals surface area contributed by atoms with Gasteiger partial charge in [0, 0.05) is 48.8 Å². The molecule has 1 atom stereocenters. The number of rotatable bonds is 6. The van der Waals surface area contributed by atoms with Crippen LogP contribution in [0.15, 0.2) is 53.6 Å². The molecule has 1 N–H and O–H groups in total. The largest absolute Gasteiger partial charge is 0.360 e. The highest BCUT2D eigenvalue weighted by molar-refractivity contribution is 7.82. The molecule has 30 heavy (non-hydrogen) atoms. The van der Waals surface area contributed by atoms with E-state index in [0.29, 0.717) is 24.5 Å². The average Bonchev–Trinajstić information content (AvgIpc) is 3.15. The Kier molecular flexibility index (Phi) is 5.99. The second-order valence-electron chi connectivity index (χ2n) is 7.71. The van der Waals surface area contributed by atoms with E-state index < -0.39 is 11.0 Å². The molecule has 0 saturated carbocycles. The fourth-order valence-electron chi connectivity index (χ4n) is 3.62. The Balaban J connectivity index is 1.45. The summed E-state index contributed by atoms with van der Waals surface area (Å²) in [6.45, 7) is 2.84. The molecule has 0 spiro atoms. The van der Waals surface area contributed by atoms with Crippen molar-refractivity contribution in [2.75, 3.05) is 46.8 Å². The number of hydrogen-bond acceptors (Lipinski definition) is 3. The van der Waals surface area contributed by atoms with Crippen LogP contribution in [0.2, 0.25) is 0 Å². The normalized spacial score (nSPS) is 16.5. The number of piperazine rings is 1. The van der Waals surface area contributed by atoms with Gasteiger partial charge in [0.1, 0.15) is 16.8 Å². The van der Waals surface area contributed by atoms with Crippen LogP contribution in [0.4, 0.5) is 4.39 Å². The zero-order valence-corrected chi connectivity index (χ0v) is 17.9. The number of nitrogens with one attached hydrogen (secondary N) is 1. The molecule has 8 heteroatoms. The lowest BCUT2D eigenvalue weighted by Gasteiger charge is -2.33. The summed E-state index contributed by atoms with van der Waals surface area (Å²) in [6, 6.07) is 12.1. The van der Waals surface area contributed by atoms with Gasteiger partial charge in [-0.3, -0.25) is 4.79 Å². The van der Waals surface area contributed by atoms with Crippen molar-refractivity contribution < 1.29 is 13.4 Å². The first kappa shape index (κ1) is 20.7. The lowest BCUT2D eigenvalue weighted by atomic mass is 10.1. The van der Waals surface area contributed by atoms with E-state index in [9.17, 15) is 13.4 Å². The molecule has 3 aromatic rings. The van der Waals surface area contributed by atoms with Gasteiger partial charge in [-0.1, -0.05) is 12.1 Å². The van der Waals surface area contributed by atoms with Crippen molar-refractivity contribution >= 4 is 27.8 Å². The minimum Gasteiger partial charge on any atom is -0.360 e. The fraction of sp³-hybridized carbons (Fsp3) is 0.318. The summed E-state index contributed by atoms with van der Waals surface area (Å²) in [7, 11) is 2.57. The smallest absolute Gasteiger partial charge is 0.237 e. The summed E-state index contributed by atoms with van der Waals surface area (Å²) in [5, 5.41) is 0.935. The summed E-state index contributed by atoms with van der Waals surface area (Å²) in [6.07, 6.45) is 1.85. The van der Waals surface area contributed by atoms with Crippen molar-refractivity contribution in [1.29, 1.82) is 0 Å². The van der Waals surface area contributed by atoms with Crippen LogP contribution >= 0.6 is 0 Å². The zero-order chi connectivity index (χ0) is 21.3. The number of carbonyl (C=O) groups excluding carboxylic acids is 1. The number of fused-ring (bicyclic) bond motifs is 1. The number of likely N-dealkylation sites (N-methyl/N-ethyl adjacent to an activating group) is 1. The Morgan fingerprint density at radius 2 is 1.90 bits per heavy atom. The number of H-pyrrole nitrogens is 1. The first-order valence-corrected chi connectivity index (χ1v) is 11.0. The molecular formula is C22H25FN4O2S.